The van der Waals surface area contributed by atoms with Crippen LogP contribution in [0.2, 0.25) is 0 Å². The molecule has 3 rings (SSSR count). The molecule has 0 aliphatic carbocycles. The van der Waals surface area contributed by atoms with E-state index in [1.807, 2.05) is 37.3 Å². The summed E-state index contributed by atoms with van der Waals surface area (Å²) in [6.45, 7) is 1.89. The zero-order chi connectivity index (χ0) is 19.2. The Morgan fingerprint density at radius 1 is 1.04 bits per heavy atom. The van der Waals surface area contributed by atoms with E-state index in [2.05, 4.69) is 15.3 Å². The number of methoxy groups -OCH3 is 1. The molecule has 1 N–H and O–H groups in total. The minimum Gasteiger partial charge on any atom is -0.497 e. The molecule has 1 unspecified atom stereocenters. The van der Waals surface area contributed by atoms with Gasteiger partial charge in [-0.2, -0.15) is 4.98 Å². The third-order valence-electron chi connectivity index (χ3n) is 3.90. The van der Waals surface area contributed by atoms with Crippen molar-refractivity contribution in [3.05, 3.63) is 76.6 Å². The van der Waals surface area contributed by atoms with Crippen molar-refractivity contribution in [3.63, 3.8) is 0 Å². The molecule has 27 heavy (non-hydrogen) atoms. The number of ether oxygens (including phenoxy) is 2. The lowest BCUT2D eigenvalue weighted by Gasteiger charge is -2.15. The maximum absolute atomic E-state index is 11.6. The SMILES string of the molecule is COc1ccc(Oc2ncnc(NC(C)c3ccccc3)c2[N+](=O)[O-])cc1. The molecule has 0 amide bonds. The number of nitro groups is 1. The summed E-state index contributed by atoms with van der Waals surface area (Å²) in [7, 11) is 1.55. The number of nitrogens with one attached hydrogen (secondary N) is 1. The average molecular weight is 366 g/mol. The quantitative estimate of drug-likeness (QED) is 0.490. The van der Waals surface area contributed by atoms with Gasteiger partial charge in [0.15, 0.2) is 0 Å². The highest BCUT2D eigenvalue weighted by Crippen LogP contribution is 2.35. The summed E-state index contributed by atoms with van der Waals surface area (Å²) in [4.78, 5) is 19.0. The summed E-state index contributed by atoms with van der Waals surface area (Å²) < 4.78 is 10.7. The fourth-order valence-corrected chi connectivity index (χ4v) is 2.49. The van der Waals surface area contributed by atoms with Crippen molar-refractivity contribution in [3.8, 4) is 17.4 Å². The second-order valence-corrected chi connectivity index (χ2v) is 5.69. The molecule has 0 bridgehead atoms. The van der Waals surface area contributed by atoms with Gasteiger partial charge in [-0.05, 0) is 36.8 Å². The lowest BCUT2D eigenvalue weighted by molar-refractivity contribution is -0.385. The van der Waals surface area contributed by atoms with Crippen LogP contribution >= 0.6 is 0 Å². The Hall–Kier alpha value is -3.68. The topological polar surface area (TPSA) is 99.4 Å². The predicted molar refractivity (Wildman–Crippen MR) is 100 cm³/mol. The second kappa shape index (κ2) is 8.13. The van der Waals surface area contributed by atoms with Crippen molar-refractivity contribution in [2.24, 2.45) is 0 Å². The zero-order valence-electron chi connectivity index (χ0n) is 14.8. The monoisotopic (exact) mass is 366 g/mol. The number of nitrogens with zero attached hydrogens (tertiary/aromatic N) is 3. The van der Waals surface area contributed by atoms with E-state index in [0.717, 1.165) is 5.56 Å². The standard InChI is InChI=1S/C19H18N4O4/c1-13(14-6-4-3-5-7-14)22-18-17(23(24)25)19(21-12-20-18)27-16-10-8-15(26-2)9-11-16/h3-13H,1-2H3,(H,20,21,22). The van der Waals surface area contributed by atoms with Gasteiger partial charge in [-0.1, -0.05) is 30.3 Å². The molecule has 1 aromatic heterocycles. The molecule has 0 aliphatic heterocycles. The molecule has 1 atom stereocenters. The molecule has 0 spiro atoms. The highest BCUT2D eigenvalue weighted by molar-refractivity contribution is 5.62. The maximum atomic E-state index is 11.6. The Balaban J connectivity index is 1.89. The van der Waals surface area contributed by atoms with E-state index < -0.39 is 4.92 Å². The number of hydrogen-bond acceptors (Lipinski definition) is 7. The van der Waals surface area contributed by atoms with Gasteiger partial charge in [-0.25, -0.2) is 4.98 Å². The van der Waals surface area contributed by atoms with E-state index in [0.29, 0.717) is 11.5 Å². The Bertz CT molecular complexity index is 917. The van der Waals surface area contributed by atoms with Gasteiger partial charge >= 0.3 is 11.6 Å². The molecule has 8 heteroatoms. The van der Waals surface area contributed by atoms with Crippen LogP contribution in [0.25, 0.3) is 0 Å². The first-order valence-corrected chi connectivity index (χ1v) is 8.21. The van der Waals surface area contributed by atoms with Gasteiger partial charge in [0.05, 0.1) is 18.1 Å². The fraction of sp³-hybridized carbons (Fsp3) is 0.158. The van der Waals surface area contributed by atoms with Gasteiger partial charge in [0.25, 0.3) is 0 Å². The summed E-state index contributed by atoms with van der Waals surface area (Å²) in [5, 5.41) is 14.7. The van der Waals surface area contributed by atoms with Gasteiger partial charge in [-0.15, -0.1) is 0 Å². The molecule has 8 nitrogen and oxygen atoms in total. The maximum Gasteiger partial charge on any atom is 0.373 e. The van der Waals surface area contributed by atoms with Crippen molar-refractivity contribution in [1.29, 1.82) is 0 Å². The van der Waals surface area contributed by atoms with Crippen LogP contribution in [0.4, 0.5) is 11.5 Å². The lowest BCUT2D eigenvalue weighted by Crippen LogP contribution is -2.11. The zero-order valence-corrected chi connectivity index (χ0v) is 14.8. The van der Waals surface area contributed by atoms with Gasteiger partial charge in [0.1, 0.15) is 17.8 Å². The Morgan fingerprint density at radius 2 is 1.70 bits per heavy atom. The van der Waals surface area contributed by atoms with E-state index >= 15 is 0 Å². The summed E-state index contributed by atoms with van der Waals surface area (Å²) in [6.07, 6.45) is 1.23. The van der Waals surface area contributed by atoms with E-state index in [1.165, 1.54) is 6.33 Å². The molecule has 1 heterocycles. The van der Waals surface area contributed by atoms with Crippen molar-refractivity contribution in [2.45, 2.75) is 13.0 Å². The van der Waals surface area contributed by atoms with E-state index in [-0.39, 0.29) is 23.4 Å². The van der Waals surface area contributed by atoms with Crippen LogP contribution in [0.15, 0.2) is 60.9 Å². The summed E-state index contributed by atoms with van der Waals surface area (Å²) >= 11 is 0. The van der Waals surface area contributed by atoms with Gasteiger partial charge in [0, 0.05) is 0 Å². The highest BCUT2D eigenvalue weighted by Gasteiger charge is 2.26. The van der Waals surface area contributed by atoms with Crippen LogP contribution in [-0.2, 0) is 0 Å². The molecule has 2 aromatic carbocycles. The van der Waals surface area contributed by atoms with Gasteiger partial charge in [0.2, 0.25) is 5.82 Å². The molecule has 0 aliphatic rings. The van der Waals surface area contributed by atoms with Gasteiger partial charge < -0.3 is 14.8 Å². The highest BCUT2D eigenvalue weighted by atomic mass is 16.6. The number of rotatable bonds is 7. The third-order valence-corrected chi connectivity index (χ3v) is 3.90. The van der Waals surface area contributed by atoms with Crippen molar-refractivity contribution in [2.75, 3.05) is 12.4 Å². The molecular weight excluding hydrogens is 348 g/mol. The van der Waals surface area contributed by atoms with Crippen LogP contribution in [0.1, 0.15) is 18.5 Å². The van der Waals surface area contributed by atoms with Crippen molar-refractivity contribution < 1.29 is 14.4 Å². The summed E-state index contributed by atoms with van der Waals surface area (Å²) in [5.74, 6) is 1.01. The van der Waals surface area contributed by atoms with Crippen LogP contribution in [0, 0.1) is 10.1 Å². The first kappa shape index (κ1) is 18.1. The normalized spacial score (nSPS) is 11.5. The van der Waals surface area contributed by atoms with Crippen LogP contribution in [-0.4, -0.2) is 22.0 Å². The van der Waals surface area contributed by atoms with Crippen molar-refractivity contribution >= 4 is 11.5 Å². The third kappa shape index (κ3) is 4.30. The molecule has 3 aromatic rings. The first-order chi connectivity index (χ1) is 13.1. The van der Waals surface area contributed by atoms with Crippen LogP contribution in [0.5, 0.6) is 17.4 Å². The largest absolute Gasteiger partial charge is 0.497 e. The van der Waals surface area contributed by atoms with E-state index in [9.17, 15) is 10.1 Å². The number of benzene rings is 2. The minimum absolute atomic E-state index is 0.0925. The molecular formula is C19H18N4O4. The molecule has 0 fully saturated rings. The van der Waals surface area contributed by atoms with E-state index in [1.54, 1.807) is 31.4 Å². The Kier molecular flexibility index (Phi) is 5.46. The number of hydrogen-bond donors (Lipinski definition) is 1. The number of aromatic nitrogens is 2. The smallest absolute Gasteiger partial charge is 0.373 e. The van der Waals surface area contributed by atoms with Crippen LogP contribution in [0.3, 0.4) is 0 Å². The predicted octanol–water partition coefficient (Wildman–Crippen LogP) is 4.36. The molecule has 0 radical (unpaired) electrons. The first-order valence-electron chi connectivity index (χ1n) is 8.21. The van der Waals surface area contributed by atoms with Crippen molar-refractivity contribution in [1.82, 2.24) is 9.97 Å². The Labute approximate surface area is 156 Å². The molecule has 0 saturated heterocycles. The van der Waals surface area contributed by atoms with Gasteiger partial charge in [-0.3, -0.25) is 10.1 Å². The fourth-order valence-electron chi connectivity index (χ4n) is 2.49. The average Bonchev–Trinajstić information content (AvgIpc) is 2.69. The number of anilines is 1. The van der Waals surface area contributed by atoms with Crippen LogP contribution < -0.4 is 14.8 Å². The molecule has 0 saturated carbocycles. The lowest BCUT2D eigenvalue weighted by atomic mass is 10.1. The minimum atomic E-state index is -0.557. The second-order valence-electron chi connectivity index (χ2n) is 5.69. The van der Waals surface area contributed by atoms with E-state index in [4.69, 9.17) is 9.47 Å². The Morgan fingerprint density at radius 3 is 2.33 bits per heavy atom. The summed E-state index contributed by atoms with van der Waals surface area (Å²) in [6, 6.07) is 16.1. The molecule has 138 valence electrons. The summed E-state index contributed by atoms with van der Waals surface area (Å²) in [5.41, 5.74) is 0.652.